The van der Waals surface area contributed by atoms with Crippen LogP contribution in [0.1, 0.15) is 17.3 Å². The molecule has 0 spiro atoms. The van der Waals surface area contributed by atoms with Crippen molar-refractivity contribution < 1.29 is 0 Å². The molecule has 4 rings (SSSR count). The highest BCUT2D eigenvalue weighted by Crippen LogP contribution is 2.24. The number of piperazine rings is 1. The first-order valence-electron chi connectivity index (χ1n) is 8.24. The van der Waals surface area contributed by atoms with Crippen molar-refractivity contribution in [2.24, 2.45) is 0 Å². The SMILES string of the molecule is c1ccc(C2CNCCN2Cc2ccc3ccccc3n2)cc1. The zero-order valence-electron chi connectivity index (χ0n) is 13.2. The molecule has 3 aromatic rings. The van der Waals surface area contributed by atoms with Gasteiger partial charge < -0.3 is 5.32 Å². The zero-order chi connectivity index (χ0) is 15.5. The molecule has 1 aliphatic rings. The minimum Gasteiger partial charge on any atom is -0.314 e. The van der Waals surface area contributed by atoms with Crippen molar-refractivity contribution in [1.29, 1.82) is 0 Å². The minimum atomic E-state index is 0.415. The Bertz CT molecular complexity index is 785. The molecule has 0 bridgehead atoms. The van der Waals surface area contributed by atoms with Crippen LogP contribution in [-0.4, -0.2) is 29.5 Å². The highest BCUT2D eigenvalue weighted by atomic mass is 15.2. The second-order valence-corrected chi connectivity index (χ2v) is 6.10. The van der Waals surface area contributed by atoms with Crippen LogP contribution in [0, 0.1) is 0 Å². The number of hydrogen-bond acceptors (Lipinski definition) is 3. The summed E-state index contributed by atoms with van der Waals surface area (Å²) in [7, 11) is 0. The van der Waals surface area contributed by atoms with E-state index in [-0.39, 0.29) is 0 Å². The summed E-state index contributed by atoms with van der Waals surface area (Å²) >= 11 is 0. The third-order valence-corrected chi connectivity index (χ3v) is 4.56. The molecule has 1 saturated heterocycles. The van der Waals surface area contributed by atoms with E-state index >= 15 is 0 Å². The summed E-state index contributed by atoms with van der Waals surface area (Å²) in [6.45, 7) is 3.98. The Hall–Kier alpha value is -2.23. The summed E-state index contributed by atoms with van der Waals surface area (Å²) in [5, 5.41) is 4.72. The number of fused-ring (bicyclic) bond motifs is 1. The van der Waals surface area contributed by atoms with Gasteiger partial charge in [-0.05, 0) is 17.7 Å². The molecule has 0 radical (unpaired) electrons. The van der Waals surface area contributed by atoms with Gasteiger partial charge in [0.1, 0.15) is 0 Å². The van der Waals surface area contributed by atoms with Crippen LogP contribution >= 0.6 is 0 Å². The Morgan fingerprint density at radius 1 is 0.957 bits per heavy atom. The predicted octanol–water partition coefficient (Wildman–Crippen LogP) is 3.38. The number of aromatic nitrogens is 1. The van der Waals surface area contributed by atoms with Crippen LogP contribution in [-0.2, 0) is 6.54 Å². The summed E-state index contributed by atoms with van der Waals surface area (Å²) in [6, 6.07) is 23.8. The van der Waals surface area contributed by atoms with Gasteiger partial charge in [0, 0.05) is 37.6 Å². The van der Waals surface area contributed by atoms with Crippen molar-refractivity contribution in [2.75, 3.05) is 19.6 Å². The fourth-order valence-electron chi connectivity index (χ4n) is 3.34. The molecule has 1 N–H and O–H groups in total. The second-order valence-electron chi connectivity index (χ2n) is 6.10. The fraction of sp³-hybridized carbons (Fsp3) is 0.250. The standard InChI is InChI=1S/C20H21N3/c1-2-7-17(8-3-1)20-14-21-12-13-23(20)15-18-11-10-16-6-4-5-9-19(16)22-18/h1-11,20-21H,12-15H2. The van der Waals surface area contributed by atoms with Crippen LogP contribution in [0.5, 0.6) is 0 Å². The molecule has 1 aliphatic heterocycles. The lowest BCUT2D eigenvalue weighted by Crippen LogP contribution is -2.45. The fourth-order valence-corrected chi connectivity index (χ4v) is 3.34. The van der Waals surface area contributed by atoms with Crippen molar-refractivity contribution in [3.8, 4) is 0 Å². The summed E-state index contributed by atoms with van der Waals surface area (Å²) in [4.78, 5) is 7.37. The Morgan fingerprint density at radius 2 is 1.78 bits per heavy atom. The molecule has 0 aliphatic carbocycles. The third kappa shape index (κ3) is 3.11. The quantitative estimate of drug-likeness (QED) is 0.804. The van der Waals surface area contributed by atoms with Gasteiger partial charge in [-0.1, -0.05) is 54.6 Å². The van der Waals surface area contributed by atoms with Crippen LogP contribution in [0.2, 0.25) is 0 Å². The average Bonchev–Trinajstić information content (AvgIpc) is 2.63. The van der Waals surface area contributed by atoms with Gasteiger partial charge in [0.25, 0.3) is 0 Å². The first-order valence-corrected chi connectivity index (χ1v) is 8.24. The van der Waals surface area contributed by atoms with Crippen molar-refractivity contribution in [2.45, 2.75) is 12.6 Å². The van der Waals surface area contributed by atoms with Crippen molar-refractivity contribution in [3.63, 3.8) is 0 Å². The number of para-hydroxylation sites is 1. The second kappa shape index (κ2) is 6.49. The number of nitrogens with zero attached hydrogens (tertiary/aromatic N) is 2. The largest absolute Gasteiger partial charge is 0.314 e. The van der Waals surface area contributed by atoms with Gasteiger partial charge in [-0.15, -0.1) is 0 Å². The first kappa shape index (κ1) is 14.4. The van der Waals surface area contributed by atoms with E-state index < -0.39 is 0 Å². The van der Waals surface area contributed by atoms with Gasteiger partial charge in [0.15, 0.2) is 0 Å². The monoisotopic (exact) mass is 303 g/mol. The van der Waals surface area contributed by atoms with Crippen LogP contribution in [0.4, 0.5) is 0 Å². The zero-order valence-corrected chi connectivity index (χ0v) is 13.2. The van der Waals surface area contributed by atoms with E-state index in [1.807, 2.05) is 0 Å². The maximum absolute atomic E-state index is 4.84. The molecule has 0 saturated carbocycles. The lowest BCUT2D eigenvalue weighted by molar-refractivity contribution is 0.152. The van der Waals surface area contributed by atoms with Crippen molar-refractivity contribution in [3.05, 3.63) is 78.0 Å². The number of nitrogens with one attached hydrogen (secondary N) is 1. The minimum absolute atomic E-state index is 0.415. The van der Waals surface area contributed by atoms with E-state index in [1.54, 1.807) is 0 Å². The van der Waals surface area contributed by atoms with E-state index in [0.29, 0.717) is 6.04 Å². The van der Waals surface area contributed by atoms with Crippen molar-refractivity contribution >= 4 is 10.9 Å². The van der Waals surface area contributed by atoms with E-state index in [1.165, 1.54) is 10.9 Å². The van der Waals surface area contributed by atoms with Crippen LogP contribution in [0.15, 0.2) is 66.7 Å². The van der Waals surface area contributed by atoms with Gasteiger partial charge >= 0.3 is 0 Å². The predicted molar refractivity (Wildman–Crippen MR) is 94.2 cm³/mol. The van der Waals surface area contributed by atoms with Gasteiger partial charge in [-0.2, -0.15) is 0 Å². The summed E-state index contributed by atoms with van der Waals surface area (Å²) in [5.41, 5.74) is 3.60. The molecular weight excluding hydrogens is 282 g/mol. The van der Waals surface area contributed by atoms with E-state index in [4.69, 9.17) is 4.98 Å². The summed E-state index contributed by atoms with van der Waals surface area (Å²) in [5.74, 6) is 0. The molecular formula is C20H21N3. The van der Waals surface area contributed by atoms with E-state index in [9.17, 15) is 0 Å². The molecule has 2 aromatic carbocycles. The lowest BCUT2D eigenvalue weighted by atomic mass is 10.0. The highest BCUT2D eigenvalue weighted by molar-refractivity contribution is 5.78. The highest BCUT2D eigenvalue weighted by Gasteiger charge is 2.23. The normalized spacial score (nSPS) is 19.0. The molecule has 3 nitrogen and oxygen atoms in total. The molecule has 1 fully saturated rings. The van der Waals surface area contributed by atoms with Gasteiger partial charge in [-0.3, -0.25) is 9.88 Å². The summed E-state index contributed by atoms with van der Waals surface area (Å²) < 4.78 is 0. The molecule has 3 heteroatoms. The molecule has 0 amide bonds. The Kier molecular flexibility index (Phi) is 4.05. The average molecular weight is 303 g/mol. The molecule has 1 aromatic heterocycles. The molecule has 2 heterocycles. The Labute approximate surface area is 137 Å². The van der Waals surface area contributed by atoms with Gasteiger partial charge in [-0.25, -0.2) is 0 Å². The molecule has 1 atom stereocenters. The number of rotatable bonds is 3. The lowest BCUT2D eigenvalue weighted by Gasteiger charge is -2.36. The summed E-state index contributed by atoms with van der Waals surface area (Å²) in [6.07, 6.45) is 0. The number of hydrogen-bond donors (Lipinski definition) is 1. The smallest absolute Gasteiger partial charge is 0.0705 e. The van der Waals surface area contributed by atoms with Crippen LogP contribution in [0.3, 0.4) is 0 Å². The maximum Gasteiger partial charge on any atom is 0.0705 e. The van der Waals surface area contributed by atoms with Gasteiger partial charge in [0.2, 0.25) is 0 Å². The third-order valence-electron chi connectivity index (χ3n) is 4.56. The first-order chi connectivity index (χ1) is 11.4. The molecule has 1 unspecified atom stereocenters. The Balaban J connectivity index is 1.59. The number of benzene rings is 2. The van der Waals surface area contributed by atoms with Crippen LogP contribution < -0.4 is 5.32 Å². The van der Waals surface area contributed by atoms with E-state index in [0.717, 1.165) is 37.4 Å². The van der Waals surface area contributed by atoms with Gasteiger partial charge in [0.05, 0.1) is 11.2 Å². The molecule has 116 valence electrons. The van der Waals surface area contributed by atoms with E-state index in [2.05, 4.69) is 76.9 Å². The van der Waals surface area contributed by atoms with Crippen LogP contribution in [0.25, 0.3) is 10.9 Å². The maximum atomic E-state index is 4.84. The van der Waals surface area contributed by atoms with Crippen molar-refractivity contribution in [1.82, 2.24) is 15.2 Å². The topological polar surface area (TPSA) is 28.2 Å². The Morgan fingerprint density at radius 3 is 2.70 bits per heavy atom. The molecule has 23 heavy (non-hydrogen) atoms. The number of pyridine rings is 1.